The first kappa shape index (κ1) is 22.7. The van der Waals surface area contributed by atoms with Crippen LogP contribution < -0.4 is 14.8 Å². The second-order valence-electron chi connectivity index (χ2n) is 7.58. The van der Waals surface area contributed by atoms with Crippen LogP contribution in [0, 0.1) is 0 Å². The first-order valence-electron chi connectivity index (χ1n) is 10.3. The zero-order valence-electron chi connectivity index (χ0n) is 18.0. The van der Waals surface area contributed by atoms with Crippen molar-refractivity contribution >= 4 is 27.0 Å². The highest BCUT2D eigenvalue weighted by molar-refractivity contribution is 7.89. The van der Waals surface area contributed by atoms with Crippen LogP contribution in [0.2, 0.25) is 0 Å². The van der Waals surface area contributed by atoms with Crippen LogP contribution in [0.3, 0.4) is 0 Å². The van der Waals surface area contributed by atoms with E-state index in [-0.39, 0.29) is 0 Å². The summed E-state index contributed by atoms with van der Waals surface area (Å²) < 4.78 is 35.7. The van der Waals surface area contributed by atoms with E-state index < -0.39 is 22.1 Å². The minimum absolute atomic E-state index is 0.481. The predicted molar refractivity (Wildman–Crippen MR) is 121 cm³/mol. The number of amides is 2. The van der Waals surface area contributed by atoms with Gasteiger partial charge in [-0.3, -0.25) is 0 Å². The lowest BCUT2D eigenvalue weighted by atomic mass is 10.0. The molecule has 0 spiro atoms. The van der Waals surface area contributed by atoms with Crippen LogP contribution in [-0.4, -0.2) is 27.3 Å². The molecule has 31 heavy (non-hydrogen) atoms. The maximum Gasteiger partial charge on any atom is 0.328 e. The topological polar surface area (TPSA) is 97.6 Å². The minimum atomic E-state index is -3.62. The fourth-order valence-corrected chi connectivity index (χ4v) is 3.59. The van der Waals surface area contributed by atoms with Crippen LogP contribution in [0.1, 0.15) is 43.2 Å². The van der Waals surface area contributed by atoms with Crippen LogP contribution >= 0.6 is 0 Å². The van der Waals surface area contributed by atoms with Gasteiger partial charge in [-0.1, -0.05) is 31.2 Å². The number of nitrogens with one attached hydrogen (secondary N) is 2. The standard InChI is InChI=1S/C23H28N2O5S/c1-4-13-29-20-11-8-17(9-12-20)5-6-18-7-10-19-15-21(30-22(19)14-18)16(2)24-23(26)25-31(3,27)28/h7-12,14-16H,4-6,13H2,1-3H3,(H2,24,25,26). The Kier molecular flexibility index (Phi) is 7.22. The second-order valence-corrected chi connectivity index (χ2v) is 9.33. The molecule has 2 amide bonds. The number of aryl methyl sites for hydroxylation is 2. The van der Waals surface area contributed by atoms with Crippen molar-refractivity contribution in [2.75, 3.05) is 12.9 Å². The van der Waals surface area contributed by atoms with Crippen LogP contribution in [0.4, 0.5) is 4.79 Å². The molecule has 0 aliphatic heterocycles. The lowest BCUT2D eigenvalue weighted by Crippen LogP contribution is -2.39. The highest BCUT2D eigenvalue weighted by Gasteiger charge is 2.16. The number of hydrogen-bond donors (Lipinski definition) is 2. The molecule has 0 aliphatic rings. The van der Waals surface area contributed by atoms with Gasteiger partial charge in [0.25, 0.3) is 0 Å². The van der Waals surface area contributed by atoms with Crippen molar-refractivity contribution in [2.24, 2.45) is 0 Å². The van der Waals surface area contributed by atoms with E-state index >= 15 is 0 Å². The molecule has 1 atom stereocenters. The molecule has 1 heterocycles. The summed E-state index contributed by atoms with van der Waals surface area (Å²) in [5, 5.41) is 3.48. The quantitative estimate of drug-likeness (QED) is 0.512. The molecule has 1 unspecified atom stereocenters. The highest BCUT2D eigenvalue weighted by Crippen LogP contribution is 2.25. The summed E-state index contributed by atoms with van der Waals surface area (Å²) in [6.45, 7) is 4.54. The summed E-state index contributed by atoms with van der Waals surface area (Å²) in [4.78, 5) is 11.8. The van der Waals surface area contributed by atoms with Crippen LogP contribution in [0.15, 0.2) is 52.9 Å². The maximum absolute atomic E-state index is 11.8. The molecule has 0 aliphatic carbocycles. The lowest BCUT2D eigenvalue weighted by Gasteiger charge is -2.11. The molecule has 0 saturated heterocycles. The van der Waals surface area contributed by atoms with Crippen molar-refractivity contribution in [2.45, 2.75) is 39.2 Å². The summed E-state index contributed by atoms with van der Waals surface area (Å²) in [5.41, 5.74) is 3.11. The third-order valence-corrected chi connectivity index (χ3v) is 5.31. The first-order chi connectivity index (χ1) is 14.7. The van der Waals surface area contributed by atoms with E-state index in [0.29, 0.717) is 5.76 Å². The van der Waals surface area contributed by atoms with Crippen molar-refractivity contribution in [1.82, 2.24) is 10.0 Å². The molecule has 0 bridgehead atoms. The van der Waals surface area contributed by atoms with Crippen LogP contribution in [0.5, 0.6) is 5.75 Å². The number of ether oxygens (including phenoxy) is 1. The van der Waals surface area contributed by atoms with Gasteiger partial charge in [0.05, 0.1) is 18.9 Å². The third-order valence-electron chi connectivity index (χ3n) is 4.75. The van der Waals surface area contributed by atoms with E-state index in [9.17, 15) is 13.2 Å². The van der Waals surface area contributed by atoms with Gasteiger partial charge in [-0.05, 0) is 61.6 Å². The minimum Gasteiger partial charge on any atom is -0.494 e. The number of furan rings is 1. The van der Waals surface area contributed by atoms with Crippen LogP contribution in [-0.2, 0) is 22.9 Å². The molecule has 0 saturated carbocycles. The molecule has 2 aromatic carbocycles. The van der Waals surface area contributed by atoms with Crippen molar-refractivity contribution in [1.29, 1.82) is 0 Å². The molecule has 2 N–H and O–H groups in total. The Labute approximate surface area is 182 Å². The third kappa shape index (κ3) is 6.75. The van der Waals surface area contributed by atoms with Gasteiger partial charge in [-0.15, -0.1) is 0 Å². The Hall–Kier alpha value is -3.00. The molecule has 1 aromatic heterocycles. The lowest BCUT2D eigenvalue weighted by molar-refractivity contribution is 0.241. The molecule has 7 nitrogen and oxygen atoms in total. The van der Waals surface area contributed by atoms with Gasteiger partial charge in [0, 0.05) is 5.39 Å². The monoisotopic (exact) mass is 444 g/mol. The summed E-state index contributed by atoms with van der Waals surface area (Å²) in [6, 6.07) is 14.8. The Morgan fingerprint density at radius 3 is 2.42 bits per heavy atom. The van der Waals surface area contributed by atoms with Gasteiger partial charge in [0.2, 0.25) is 10.0 Å². The Bertz CT molecular complexity index is 1140. The number of sulfonamides is 1. The number of carbonyl (C=O) groups is 1. The molecular formula is C23H28N2O5S. The number of fused-ring (bicyclic) bond motifs is 1. The largest absolute Gasteiger partial charge is 0.494 e. The Morgan fingerprint density at radius 2 is 1.74 bits per heavy atom. The summed E-state index contributed by atoms with van der Waals surface area (Å²) in [5.74, 6) is 1.45. The molecule has 166 valence electrons. The van der Waals surface area contributed by atoms with E-state index in [1.54, 1.807) is 6.92 Å². The van der Waals surface area contributed by atoms with Gasteiger partial charge < -0.3 is 14.5 Å². The van der Waals surface area contributed by atoms with E-state index in [1.165, 1.54) is 5.56 Å². The smallest absolute Gasteiger partial charge is 0.328 e. The average molecular weight is 445 g/mol. The predicted octanol–water partition coefficient (Wildman–Crippen LogP) is 4.33. The van der Waals surface area contributed by atoms with E-state index in [4.69, 9.17) is 9.15 Å². The fraction of sp³-hybridized carbons (Fsp3) is 0.348. The zero-order valence-corrected chi connectivity index (χ0v) is 18.8. The Balaban J connectivity index is 1.62. The zero-order chi connectivity index (χ0) is 22.4. The molecule has 0 fully saturated rings. The number of benzene rings is 2. The van der Waals surface area contributed by atoms with Crippen molar-refractivity contribution < 1.29 is 22.4 Å². The van der Waals surface area contributed by atoms with Crippen molar-refractivity contribution in [3.8, 4) is 5.75 Å². The van der Waals surface area contributed by atoms with E-state index in [0.717, 1.165) is 54.4 Å². The van der Waals surface area contributed by atoms with Gasteiger partial charge in [-0.25, -0.2) is 17.9 Å². The van der Waals surface area contributed by atoms with Crippen molar-refractivity contribution in [3.05, 3.63) is 65.4 Å². The van der Waals surface area contributed by atoms with Gasteiger partial charge in [0.1, 0.15) is 17.1 Å². The number of rotatable bonds is 9. The Morgan fingerprint density at radius 1 is 1.06 bits per heavy atom. The number of hydrogen-bond acceptors (Lipinski definition) is 5. The molecular weight excluding hydrogens is 416 g/mol. The summed E-state index contributed by atoms with van der Waals surface area (Å²) >= 11 is 0. The van der Waals surface area contributed by atoms with Gasteiger partial charge in [0.15, 0.2) is 0 Å². The summed E-state index contributed by atoms with van der Waals surface area (Å²) in [6.07, 6.45) is 3.68. The fourth-order valence-electron chi connectivity index (χ4n) is 3.19. The maximum atomic E-state index is 11.8. The van der Waals surface area contributed by atoms with Gasteiger partial charge >= 0.3 is 6.03 Å². The SMILES string of the molecule is CCCOc1ccc(CCc2ccc3cc(C(C)NC(=O)NS(C)(=O)=O)oc3c2)cc1. The second kappa shape index (κ2) is 9.87. The number of carbonyl (C=O) groups excluding carboxylic acids is 1. The highest BCUT2D eigenvalue weighted by atomic mass is 32.2. The molecule has 3 rings (SSSR count). The van der Waals surface area contributed by atoms with E-state index in [2.05, 4.69) is 30.4 Å². The number of urea groups is 1. The molecule has 0 radical (unpaired) electrons. The normalized spacial score (nSPS) is 12.5. The average Bonchev–Trinajstić information content (AvgIpc) is 3.13. The van der Waals surface area contributed by atoms with E-state index in [1.807, 2.05) is 35.1 Å². The summed E-state index contributed by atoms with van der Waals surface area (Å²) in [7, 11) is -3.62. The molecule has 8 heteroatoms. The van der Waals surface area contributed by atoms with Crippen molar-refractivity contribution in [3.63, 3.8) is 0 Å². The van der Waals surface area contributed by atoms with Crippen LogP contribution in [0.25, 0.3) is 11.0 Å². The first-order valence-corrected chi connectivity index (χ1v) is 12.1. The molecule has 3 aromatic rings. The van der Waals surface area contributed by atoms with Gasteiger partial charge in [-0.2, -0.15) is 0 Å².